The Kier molecular flexibility index (Phi) is 6.17. The smallest absolute Gasteiger partial charge is 0.313 e. The van der Waals surface area contributed by atoms with Crippen molar-refractivity contribution in [3.8, 4) is 0 Å². The predicted molar refractivity (Wildman–Crippen MR) is 90.8 cm³/mol. The molecular weight excluding hydrogens is 351 g/mol. The number of rotatable bonds is 5. The molecule has 2 aromatic rings. The summed E-state index contributed by atoms with van der Waals surface area (Å²) in [5.74, 6) is -1.10. The number of anilines is 1. The summed E-state index contributed by atoms with van der Waals surface area (Å²) in [5.41, 5.74) is 0.855. The fraction of sp³-hybridized carbons (Fsp3) is 0.294. The second kappa shape index (κ2) is 8.13. The zero-order chi connectivity index (χ0) is 18.6. The minimum Gasteiger partial charge on any atom is -0.466 e. The molecule has 0 spiro atoms. The molecule has 1 heterocycles. The molecule has 8 heteroatoms. The molecular formula is C17H18ClFN2O4. The lowest BCUT2D eigenvalue weighted by Gasteiger charge is -2.11. The highest BCUT2D eigenvalue weighted by molar-refractivity contribution is 6.39. The second-order valence-electron chi connectivity index (χ2n) is 5.51. The van der Waals surface area contributed by atoms with Crippen molar-refractivity contribution in [1.29, 1.82) is 0 Å². The monoisotopic (exact) mass is 368 g/mol. The number of furan rings is 1. The van der Waals surface area contributed by atoms with Gasteiger partial charge in [-0.1, -0.05) is 11.6 Å². The fourth-order valence-electron chi connectivity index (χ4n) is 2.30. The van der Waals surface area contributed by atoms with Gasteiger partial charge in [-0.3, -0.25) is 9.59 Å². The number of benzene rings is 1. The lowest BCUT2D eigenvalue weighted by Crippen LogP contribution is -2.36. The Morgan fingerprint density at radius 2 is 2.00 bits per heavy atom. The Labute approximate surface area is 149 Å². The van der Waals surface area contributed by atoms with Crippen LogP contribution < -0.4 is 10.6 Å². The van der Waals surface area contributed by atoms with Crippen LogP contribution in [-0.2, 0) is 9.59 Å². The van der Waals surface area contributed by atoms with Crippen molar-refractivity contribution in [3.63, 3.8) is 0 Å². The number of halogens is 2. The molecule has 0 fully saturated rings. The van der Waals surface area contributed by atoms with Gasteiger partial charge in [-0.2, -0.15) is 0 Å². The molecule has 1 atom stereocenters. The minimum absolute atomic E-state index is 0.0985. The maximum atomic E-state index is 13.1. The molecule has 2 rings (SSSR count). The van der Waals surface area contributed by atoms with Crippen LogP contribution in [0.1, 0.15) is 29.6 Å². The number of aliphatic hydroxyl groups excluding tert-OH is 1. The quantitative estimate of drug-likeness (QED) is 0.708. The third-order valence-electron chi connectivity index (χ3n) is 3.53. The van der Waals surface area contributed by atoms with E-state index in [4.69, 9.17) is 16.0 Å². The van der Waals surface area contributed by atoms with E-state index in [1.165, 1.54) is 12.1 Å². The normalized spacial score (nSPS) is 11.9. The molecule has 0 saturated carbocycles. The summed E-state index contributed by atoms with van der Waals surface area (Å²) in [6.45, 7) is 3.61. The number of aryl methyl sites for hydroxylation is 2. The van der Waals surface area contributed by atoms with E-state index >= 15 is 0 Å². The highest BCUT2D eigenvalue weighted by Gasteiger charge is 2.17. The largest absolute Gasteiger partial charge is 0.466 e. The van der Waals surface area contributed by atoms with Gasteiger partial charge in [0.1, 0.15) is 17.3 Å². The number of carbonyl (C=O) groups excluding carboxylic acids is 2. The van der Waals surface area contributed by atoms with Crippen LogP contribution in [0.3, 0.4) is 0 Å². The number of nitrogens with one attached hydrogen (secondary N) is 2. The van der Waals surface area contributed by atoms with Crippen molar-refractivity contribution < 1.29 is 23.5 Å². The fourth-order valence-corrected chi connectivity index (χ4v) is 2.48. The van der Waals surface area contributed by atoms with Crippen molar-refractivity contribution in [2.24, 2.45) is 0 Å². The average molecular weight is 369 g/mol. The molecule has 3 N–H and O–H groups in total. The maximum absolute atomic E-state index is 13.1. The van der Waals surface area contributed by atoms with Gasteiger partial charge in [0.25, 0.3) is 0 Å². The molecule has 1 aromatic heterocycles. The molecule has 0 aliphatic rings. The van der Waals surface area contributed by atoms with Crippen LogP contribution in [0.25, 0.3) is 0 Å². The zero-order valence-electron chi connectivity index (χ0n) is 13.7. The number of hydrogen-bond acceptors (Lipinski definition) is 4. The van der Waals surface area contributed by atoms with Crippen molar-refractivity contribution in [2.45, 2.75) is 26.4 Å². The van der Waals surface area contributed by atoms with Gasteiger partial charge in [0.15, 0.2) is 0 Å². The van der Waals surface area contributed by atoms with Gasteiger partial charge in [-0.25, -0.2) is 4.39 Å². The van der Waals surface area contributed by atoms with Gasteiger partial charge in [0.2, 0.25) is 0 Å². The van der Waals surface area contributed by atoms with Gasteiger partial charge in [-0.05, 0) is 44.5 Å². The Hall–Kier alpha value is -2.38. The first-order valence-electron chi connectivity index (χ1n) is 7.57. The first-order chi connectivity index (χ1) is 11.8. The van der Waals surface area contributed by atoms with E-state index in [-0.39, 0.29) is 23.7 Å². The second-order valence-corrected chi connectivity index (χ2v) is 5.92. The Morgan fingerprint density at radius 1 is 1.28 bits per heavy atom. The summed E-state index contributed by atoms with van der Waals surface area (Å²) in [6.07, 6.45) is -0.585. The third-order valence-corrected chi connectivity index (χ3v) is 3.82. The average Bonchev–Trinajstić information content (AvgIpc) is 2.89. The summed E-state index contributed by atoms with van der Waals surface area (Å²) >= 11 is 5.61. The van der Waals surface area contributed by atoms with Crippen molar-refractivity contribution in [3.05, 3.63) is 52.2 Å². The Balaban J connectivity index is 1.82. The van der Waals surface area contributed by atoms with Gasteiger partial charge in [0, 0.05) is 17.8 Å². The van der Waals surface area contributed by atoms with E-state index in [9.17, 15) is 19.1 Å². The first kappa shape index (κ1) is 19.0. The number of aliphatic hydroxyl groups is 1. The molecule has 134 valence electrons. The number of hydrogen-bond donors (Lipinski definition) is 3. The van der Waals surface area contributed by atoms with Crippen LogP contribution in [0.5, 0.6) is 0 Å². The lowest BCUT2D eigenvalue weighted by molar-refractivity contribution is -0.136. The van der Waals surface area contributed by atoms with Crippen LogP contribution >= 0.6 is 11.6 Å². The van der Waals surface area contributed by atoms with Gasteiger partial charge in [-0.15, -0.1) is 0 Å². The maximum Gasteiger partial charge on any atom is 0.313 e. The molecule has 6 nitrogen and oxygen atoms in total. The molecule has 1 aromatic carbocycles. The van der Waals surface area contributed by atoms with Gasteiger partial charge >= 0.3 is 11.8 Å². The van der Waals surface area contributed by atoms with E-state index in [2.05, 4.69) is 10.6 Å². The summed E-state index contributed by atoms with van der Waals surface area (Å²) < 4.78 is 18.4. The zero-order valence-corrected chi connectivity index (χ0v) is 14.5. The third kappa shape index (κ3) is 5.04. The van der Waals surface area contributed by atoms with Crippen LogP contribution in [0.2, 0.25) is 5.02 Å². The topological polar surface area (TPSA) is 91.6 Å². The molecule has 2 amide bonds. The highest BCUT2D eigenvalue weighted by Crippen LogP contribution is 2.23. The van der Waals surface area contributed by atoms with E-state index in [0.29, 0.717) is 17.1 Å². The highest BCUT2D eigenvalue weighted by atomic mass is 35.5. The Morgan fingerprint density at radius 3 is 2.60 bits per heavy atom. The summed E-state index contributed by atoms with van der Waals surface area (Å²) in [7, 11) is 0. The predicted octanol–water partition coefficient (Wildman–Crippen LogP) is 2.87. The molecule has 0 bridgehead atoms. The molecule has 0 saturated heterocycles. The van der Waals surface area contributed by atoms with Crippen LogP contribution in [0, 0.1) is 19.7 Å². The summed E-state index contributed by atoms with van der Waals surface area (Å²) in [6, 6.07) is 5.31. The van der Waals surface area contributed by atoms with Crippen molar-refractivity contribution in [2.75, 3.05) is 11.9 Å². The summed E-state index contributed by atoms with van der Waals surface area (Å²) in [5, 5.41) is 14.7. The molecule has 25 heavy (non-hydrogen) atoms. The first-order valence-corrected chi connectivity index (χ1v) is 7.95. The molecule has 0 aliphatic carbocycles. The molecule has 0 unspecified atom stereocenters. The SMILES string of the molecule is Cc1cc([C@H](O)CCNC(=O)C(=O)Nc2ccc(F)c(Cl)c2)c(C)o1. The lowest BCUT2D eigenvalue weighted by atomic mass is 10.1. The van der Waals surface area contributed by atoms with Crippen LogP contribution in [0.4, 0.5) is 10.1 Å². The Bertz CT molecular complexity index is 791. The van der Waals surface area contributed by atoms with Crippen LogP contribution in [0.15, 0.2) is 28.7 Å². The van der Waals surface area contributed by atoms with Crippen LogP contribution in [-0.4, -0.2) is 23.5 Å². The van der Waals surface area contributed by atoms with Crippen molar-refractivity contribution in [1.82, 2.24) is 5.32 Å². The number of amides is 2. The van der Waals surface area contributed by atoms with E-state index in [1.807, 2.05) is 0 Å². The van der Waals surface area contributed by atoms with Crippen molar-refractivity contribution >= 4 is 29.1 Å². The minimum atomic E-state index is -0.910. The van der Waals surface area contributed by atoms with E-state index in [1.54, 1.807) is 19.9 Å². The summed E-state index contributed by atoms with van der Waals surface area (Å²) in [4.78, 5) is 23.5. The van der Waals surface area contributed by atoms with Gasteiger partial charge in [0.05, 0.1) is 11.1 Å². The van der Waals surface area contributed by atoms with Gasteiger partial charge < -0.3 is 20.2 Å². The van der Waals surface area contributed by atoms with E-state index < -0.39 is 23.7 Å². The standard InChI is InChI=1S/C17H18ClFN2O4/c1-9-7-12(10(2)25-9)15(22)5-6-20-16(23)17(24)21-11-3-4-14(19)13(18)8-11/h3-4,7-8,15,22H,5-6H2,1-2H3,(H,20,23)(H,21,24)/t15-/m1/s1. The number of carbonyl (C=O) groups is 2. The molecule has 0 aliphatic heterocycles. The molecule has 0 radical (unpaired) electrons. The van der Waals surface area contributed by atoms with E-state index in [0.717, 1.165) is 6.07 Å².